The molecule has 53 heavy (non-hydrogen) atoms. The summed E-state index contributed by atoms with van der Waals surface area (Å²) in [4.78, 5) is 9.19. The molecule has 0 saturated carbocycles. The number of benzene rings is 5. The molecule has 0 radical (unpaired) electrons. The third-order valence-electron chi connectivity index (χ3n) is 9.87. The molecule has 1 atom stereocenters. The summed E-state index contributed by atoms with van der Waals surface area (Å²) in [6, 6.07) is 51.8. The van der Waals surface area contributed by atoms with E-state index in [1.807, 2.05) is 42.5 Å². The van der Waals surface area contributed by atoms with Gasteiger partial charge in [-0.25, -0.2) is 4.99 Å². The van der Waals surface area contributed by atoms with Crippen LogP contribution in [-0.2, 0) is 6.42 Å². The summed E-state index contributed by atoms with van der Waals surface area (Å²) in [5.74, 6) is 1.87. The van der Waals surface area contributed by atoms with Crippen LogP contribution in [0, 0.1) is 0 Å². The predicted molar refractivity (Wildman–Crippen MR) is 234 cm³/mol. The molecule has 1 unspecified atom stereocenters. The van der Waals surface area contributed by atoms with Gasteiger partial charge in [0.1, 0.15) is 0 Å². The second-order valence-corrected chi connectivity index (χ2v) is 22.5. The Balaban J connectivity index is 0.00000541. The quantitative estimate of drug-likeness (QED) is 0.0609. The molecule has 0 bridgehead atoms. The van der Waals surface area contributed by atoms with Gasteiger partial charge in [0.25, 0.3) is 0 Å². The second kappa shape index (κ2) is 19.8. The predicted octanol–water partition coefficient (Wildman–Crippen LogP) is 9.16. The molecule has 278 valence electrons. The minimum absolute atomic E-state index is 0. The van der Waals surface area contributed by atoms with Crippen LogP contribution in [0.3, 0.4) is 0 Å². The Hall–Kier alpha value is -4.16. The molecular formula is C44H52BrClN5OP. The van der Waals surface area contributed by atoms with Gasteiger partial charge in [-0.1, -0.05) is 42.5 Å². The first-order valence-corrected chi connectivity index (χ1v) is 23.0. The molecule has 0 aromatic heterocycles. The van der Waals surface area contributed by atoms with Crippen molar-refractivity contribution in [3.63, 3.8) is 0 Å². The van der Waals surface area contributed by atoms with Crippen molar-refractivity contribution in [2.75, 3.05) is 19.3 Å². The molecule has 0 aliphatic carbocycles. The van der Waals surface area contributed by atoms with E-state index >= 15 is 0 Å². The minimum Gasteiger partial charge on any atom is -0.330 e. The molecule has 4 N–H and O–H groups in total. The number of nitrogens with one attached hydrogen (secondary N) is 2. The van der Waals surface area contributed by atoms with E-state index in [9.17, 15) is 0 Å². The zero-order chi connectivity index (χ0) is 35.9. The van der Waals surface area contributed by atoms with Gasteiger partial charge in [0.05, 0.1) is 0 Å². The Morgan fingerprint density at radius 2 is 1.13 bits per heavy atom. The summed E-state index contributed by atoms with van der Waals surface area (Å²) in [5, 5.41) is 7.77. The number of guanidine groups is 2. The van der Waals surface area contributed by atoms with Crippen molar-refractivity contribution in [3.8, 4) is 5.75 Å². The molecule has 9 heteroatoms. The molecule has 0 spiro atoms. The zero-order valence-electron chi connectivity index (χ0n) is 30.3. The van der Waals surface area contributed by atoms with E-state index in [2.05, 4.69) is 139 Å². The van der Waals surface area contributed by atoms with E-state index < -0.39 is 5.31 Å². The van der Waals surface area contributed by atoms with Crippen LogP contribution in [0.5, 0.6) is 5.75 Å². The summed E-state index contributed by atoms with van der Waals surface area (Å²) in [5.41, 5.74) is 8.35. The normalized spacial score (nSPS) is 15.6. The molecule has 0 saturated heterocycles. The minimum atomic E-state index is -2.82. The number of rotatable bonds is 18. The van der Waals surface area contributed by atoms with Crippen molar-refractivity contribution in [1.29, 1.82) is 0 Å². The van der Waals surface area contributed by atoms with Gasteiger partial charge < -0.3 is 11.1 Å². The van der Waals surface area contributed by atoms with Crippen LogP contribution in [0.25, 0.3) is 0 Å². The van der Waals surface area contributed by atoms with Crippen molar-refractivity contribution < 1.29 is 4.74 Å². The van der Waals surface area contributed by atoms with Gasteiger partial charge in [0, 0.05) is 6.54 Å². The summed E-state index contributed by atoms with van der Waals surface area (Å²) in [7, 11) is 0. The number of nitrogens with zero attached hydrogens (tertiary/aromatic N) is 2. The maximum absolute atomic E-state index is 6.09. The number of unbranched alkanes of at least 4 members (excludes halogenated alkanes) is 6. The third-order valence-corrected chi connectivity index (χ3v) is 19.9. The zero-order valence-corrected chi connectivity index (χ0v) is 33.6. The second-order valence-electron chi connectivity index (χ2n) is 13.5. The van der Waals surface area contributed by atoms with E-state index in [0.29, 0.717) is 18.5 Å². The summed E-state index contributed by atoms with van der Waals surface area (Å²) < 4.78 is 6.09. The van der Waals surface area contributed by atoms with Crippen LogP contribution < -0.4 is 37.0 Å². The average Bonchev–Trinajstić information content (AvgIpc) is 3.20. The van der Waals surface area contributed by atoms with Gasteiger partial charge in [-0.3, -0.25) is 10.3 Å². The van der Waals surface area contributed by atoms with Crippen molar-refractivity contribution in [2.24, 2.45) is 15.7 Å². The molecule has 6 rings (SSSR count). The Bertz CT molecular complexity index is 1780. The van der Waals surface area contributed by atoms with E-state index in [0.717, 1.165) is 36.9 Å². The van der Waals surface area contributed by atoms with E-state index in [-0.39, 0.29) is 18.6 Å². The number of aliphatic imine (C=N–C) groups is 2. The first-order chi connectivity index (χ1) is 25.5. The number of hydrogen-bond acceptors (Lipinski definition) is 4. The standard InChI is InChI=1S/C44H51BrN5OP.ClH/c45-52(39-22-12-7-13-23-39,40-24-14-8-15-25-40,41-26-16-9-17-27-41)35-19-5-3-1-2-4-18-34-51-38-30-28-37(29-31-38)42-48-43(46)50-44(49-42)47-33-32-36-20-10-6-11-21-36;/h6-17,20-31,42H,1-5,18-19,32-35H2,(H4,46,47,48,49,50);1H. The average molecular weight is 813 g/mol. The maximum atomic E-state index is 6.09. The third kappa shape index (κ3) is 10.3. The summed E-state index contributed by atoms with van der Waals surface area (Å²) in [6.07, 6.45) is 10.0. The van der Waals surface area contributed by atoms with Gasteiger partial charge in [0.2, 0.25) is 0 Å². The van der Waals surface area contributed by atoms with Crippen molar-refractivity contribution in [1.82, 2.24) is 10.6 Å². The Labute approximate surface area is 329 Å². The summed E-state index contributed by atoms with van der Waals surface area (Å²) in [6.45, 7) is 1.38. The van der Waals surface area contributed by atoms with E-state index in [1.165, 1.54) is 60.0 Å². The number of ether oxygens (including phenoxy) is 1. The fraction of sp³-hybridized carbons (Fsp3) is 0.273. The Morgan fingerprint density at radius 3 is 1.68 bits per heavy atom. The molecule has 1 aliphatic rings. The number of hydrogen-bond donors (Lipinski definition) is 3. The molecule has 1 aliphatic heterocycles. The van der Waals surface area contributed by atoms with Crippen LogP contribution >= 0.6 is 33.2 Å². The number of nitrogens with two attached hydrogens (primary N) is 1. The number of halogens is 2. The molecule has 5 aromatic rings. The van der Waals surface area contributed by atoms with Crippen molar-refractivity contribution >= 4 is 61.0 Å². The van der Waals surface area contributed by atoms with Crippen LogP contribution in [0.15, 0.2) is 156 Å². The Morgan fingerprint density at radius 1 is 0.642 bits per heavy atom. The SMILES string of the molecule is Cl.NC1=NC(c2ccc(OCCCCCCCCCP(Br)(c3ccccc3)(c3ccccc3)c3ccccc3)cc2)NC(=NCCc2ccccc2)N1. The Kier molecular flexibility index (Phi) is 14.9. The first kappa shape index (κ1) is 40.0. The van der Waals surface area contributed by atoms with Gasteiger partial charge in [-0.15, -0.1) is 12.4 Å². The first-order valence-electron chi connectivity index (χ1n) is 18.6. The molecule has 6 nitrogen and oxygen atoms in total. The van der Waals surface area contributed by atoms with Gasteiger partial charge in [-0.2, -0.15) is 0 Å². The molecular weight excluding hydrogens is 761 g/mol. The fourth-order valence-corrected chi connectivity index (χ4v) is 14.8. The van der Waals surface area contributed by atoms with Crippen LogP contribution in [0.1, 0.15) is 62.2 Å². The molecule has 1 heterocycles. The van der Waals surface area contributed by atoms with Gasteiger partial charge in [0.15, 0.2) is 18.1 Å². The summed E-state index contributed by atoms with van der Waals surface area (Å²) >= 11 is 4.59. The van der Waals surface area contributed by atoms with Crippen LogP contribution in [0.4, 0.5) is 0 Å². The van der Waals surface area contributed by atoms with Crippen molar-refractivity contribution in [2.45, 2.75) is 57.5 Å². The van der Waals surface area contributed by atoms with Gasteiger partial charge >= 0.3 is 208 Å². The van der Waals surface area contributed by atoms with Crippen LogP contribution in [0.2, 0.25) is 0 Å². The van der Waals surface area contributed by atoms with E-state index in [4.69, 9.17) is 10.5 Å². The smallest absolute Gasteiger partial charge is 0.330 e. The van der Waals surface area contributed by atoms with E-state index in [1.54, 1.807) is 0 Å². The molecule has 5 aromatic carbocycles. The molecule has 0 fully saturated rings. The topological polar surface area (TPSA) is 84.0 Å². The monoisotopic (exact) mass is 811 g/mol. The van der Waals surface area contributed by atoms with Crippen LogP contribution in [-0.4, -0.2) is 31.2 Å². The van der Waals surface area contributed by atoms with Gasteiger partial charge in [-0.05, 0) is 17.5 Å². The fourth-order valence-electron chi connectivity index (χ4n) is 7.06. The molecule has 0 amide bonds. The van der Waals surface area contributed by atoms with Crippen molar-refractivity contribution in [3.05, 3.63) is 157 Å².